The number of nitrogens with zero attached hydrogens (tertiary/aromatic N) is 3. The van der Waals surface area contributed by atoms with Crippen LogP contribution in [0.25, 0.3) is 0 Å². The Hall–Kier alpha value is -1.07. The lowest BCUT2D eigenvalue weighted by molar-refractivity contribution is -0.144. The fourth-order valence-electron chi connectivity index (χ4n) is 2.81. The molecule has 0 amide bonds. The van der Waals surface area contributed by atoms with Gasteiger partial charge in [0.25, 0.3) is 0 Å². The molecule has 108 valence electrons. The Morgan fingerprint density at radius 1 is 1.50 bits per heavy atom. The maximum atomic E-state index is 12.1. The van der Waals surface area contributed by atoms with Crippen LogP contribution < -0.4 is 4.90 Å². The van der Waals surface area contributed by atoms with Gasteiger partial charge in [0.05, 0.1) is 6.61 Å². The number of carbonyl (C=O) groups is 1. The Kier molecular flexibility index (Phi) is 3.50. The molecule has 2 heterocycles. The molecule has 1 aromatic rings. The van der Waals surface area contributed by atoms with Crippen LogP contribution in [0.3, 0.4) is 0 Å². The second-order valence-electron chi connectivity index (χ2n) is 5.42. The van der Waals surface area contributed by atoms with Crippen molar-refractivity contribution in [1.82, 2.24) is 9.97 Å². The zero-order valence-corrected chi connectivity index (χ0v) is 12.6. The summed E-state index contributed by atoms with van der Waals surface area (Å²) in [5, 5.41) is 0.367. The molecule has 1 atom stereocenters. The first-order valence-corrected chi connectivity index (χ1v) is 7.42. The highest BCUT2D eigenvalue weighted by Crippen LogP contribution is 2.55. The van der Waals surface area contributed by atoms with Crippen LogP contribution in [0.1, 0.15) is 26.2 Å². The minimum absolute atomic E-state index is 0.0897. The molecule has 1 aliphatic carbocycles. The third-order valence-electron chi connectivity index (χ3n) is 3.97. The van der Waals surface area contributed by atoms with E-state index in [1.807, 2.05) is 11.8 Å². The third kappa shape index (κ3) is 2.56. The molecule has 1 aliphatic heterocycles. The van der Waals surface area contributed by atoms with Crippen molar-refractivity contribution in [1.29, 1.82) is 0 Å². The number of carbonyl (C=O) groups excluding carboxylic acids is 1. The van der Waals surface area contributed by atoms with Gasteiger partial charge in [0, 0.05) is 12.6 Å². The number of ether oxygens (including phenoxy) is 1. The normalized spacial score (nSPS) is 23.1. The Labute approximate surface area is 127 Å². The first-order valence-electron chi connectivity index (χ1n) is 6.66. The molecule has 2 aliphatic rings. The topological polar surface area (TPSA) is 55.3 Å². The van der Waals surface area contributed by atoms with Crippen molar-refractivity contribution in [3.63, 3.8) is 0 Å². The molecule has 1 aromatic heterocycles. The van der Waals surface area contributed by atoms with E-state index in [9.17, 15) is 4.79 Å². The van der Waals surface area contributed by atoms with Gasteiger partial charge in [-0.3, -0.25) is 0 Å². The lowest BCUT2D eigenvalue weighted by Gasteiger charge is -2.24. The van der Waals surface area contributed by atoms with E-state index in [2.05, 4.69) is 9.97 Å². The number of halogens is 2. The van der Waals surface area contributed by atoms with Crippen LogP contribution in [-0.4, -0.2) is 35.1 Å². The van der Waals surface area contributed by atoms with E-state index in [1.54, 1.807) is 6.07 Å². The number of esters is 1. The molecule has 0 radical (unpaired) electrons. The average Bonchev–Trinajstić information content (AvgIpc) is 2.99. The van der Waals surface area contributed by atoms with Gasteiger partial charge in [0.1, 0.15) is 17.0 Å². The van der Waals surface area contributed by atoms with Crippen molar-refractivity contribution in [2.45, 2.75) is 32.2 Å². The fourth-order valence-corrected chi connectivity index (χ4v) is 3.21. The predicted molar refractivity (Wildman–Crippen MR) is 76.1 cm³/mol. The summed E-state index contributed by atoms with van der Waals surface area (Å²) in [5.41, 5.74) is 0.237. The molecule has 1 spiro atoms. The maximum Gasteiger partial charge on any atom is 0.328 e. The molecule has 1 saturated heterocycles. The van der Waals surface area contributed by atoms with Crippen molar-refractivity contribution in [2.24, 2.45) is 5.41 Å². The Morgan fingerprint density at radius 3 is 2.85 bits per heavy atom. The summed E-state index contributed by atoms with van der Waals surface area (Å²) >= 11 is 11.8. The Balaban J connectivity index is 1.90. The van der Waals surface area contributed by atoms with Crippen LogP contribution in [0, 0.1) is 5.41 Å². The standard InChI is InChI=1S/C13H15Cl2N3O2/c1-2-20-11(19)8-6-13(3-4-13)7-18(8)10-5-9(14)16-12(15)17-10/h5,8H,2-4,6-7H2,1H3. The van der Waals surface area contributed by atoms with Gasteiger partial charge in [0.15, 0.2) is 0 Å². The van der Waals surface area contributed by atoms with E-state index in [-0.39, 0.29) is 27.9 Å². The van der Waals surface area contributed by atoms with Crippen molar-refractivity contribution in [3.05, 3.63) is 16.5 Å². The SMILES string of the molecule is CCOC(=O)C1CC2(CC2)CN1c1cc(Cl)nc(Cl)n1. The molecule has 0 aromatic carbocycles. The summed E-state index contributed by atoms with van der Waals surface area (Å²) in [5.74, 6) is 0.388. The number of anilines is 1. The average molecular weight is 316 g/mol. The van der Waals surface area contributed by atoms with Gasteiger partial charge in [0.2, 0.25) is 5.28 Å². The van der Waals surface area contributed by atoms with Crippen LogP contribution in [0.4, 0.5) is 5.82 Å². The summed E-state index contributed by atoms with van der Waals surface area (Å²) < 4.78 is 5.17. The highest BCUT2D eigenvalue weighted by atomic mass is 35.5. The summed E-state index contributed by atoms with van der Waals surface area (Å²) in [6.45, 7) is 2.98. The van der Waals surface area contributed by atoms with E-state index >= 15 is 0 Å². The second kappa shape index (κ2) is 5.04. The number of rotatable bonds is 3. The first kappa shape index (κ1) is 13.9. The van der Waals surface area contributed by atoms with E-state index in [0.29, 0.717) is 12.4 Å². The molecule has 1 unspecified atom stereocenters. The molecular formula is C13H15Cl2N3O2. The van der Waals surface area contributed by atoms with Gasteiger partial charge in [-0.25, -0.2) is 14.8 Å². The van der Waals surface area contributed by atoms with Gasteiger partial charge in [-0.2, -0.15) is 0 Å². The van der Waals surface area contributed by atoms with Crippen LogP contribution in [0.15, 0.2) is 6.07 Å². The quantitative estimate of drug-likeness (QED) is 0.487. The zero-order chi connectivity index (χ0) is 14.3. The van der Waals surface area contributed by atoms with Crippen LogP contribution in [0.2, 0.25) is 10.4 Å². The van der Waals surface area contributed by atoms with Gasteiger partial charge < -0.3 is 9.64 Å². The molecular weight excluding hydrogens is 301 g/mol. The van der Waals surface area contributed by atoms with Crippen molar-refractivity contribution < 1.29 is 9.53 Å². The molecule has 0 bridgehead atoms. The number of aromatic nitrogens is 2. The van der Waals surface area contributed by atoms with E-state index in [0.717, 1.165) is 25.8 Å². The van der Waals surface area contributed by atoms with E-state index in [1.165, 1.54) is 0 Å². The van der Waals surface area contributed by atoms with Gasteiger partial charge in [-0.05, 0) is 43.2 Å². The largest absolute Gasteiger partial charge is 0.464 e. The van der Waals surface area contributed by atoms with E-state index in [4.69, 9.17) is 27.9 Å². The molecule has 1 saturated carbocycles. The summed E-state index contributed by atoms with van der Waals surface area (Å²) in [6.07, 6.45) is 3.10. The monoisotopic (exact) mass is 315 g/mol. The lowest BCUT2D eigenvalue weighted by Crippen LogP contribution is -2.38. The molecule has 2 fully saturated rings. The fraction of sp³-hybridized carbons (Fsp3) is 0.615. The molecule has 20 heavy (non-hydrogen) atoms. The van der Waals surface area contributed by atoms with Crippen LogP contribution in [0.5, 0.6) is 0 Å². The highest BCUT2D eigenvalue weighted by Gasteiger charge is 2.54. The van der Waals surface area contributed by atoms with Crippen LogP contribution in [-0.2, 0) is 9.53 Å². The third-order valence-corrected chi connectivity index (χ3v) is 4.34. The second-order valence-corrected chi connectivity index (χ2v) is 6.14. The summed E-state index contributed by atoms with van der Waals surface area (Å²) in [4.78, 5) is 22.1. The van der Waals surface area contributed by atoms with Gasteiger partial charge in [-0.1, -0.05) is 11.6 Å². The van der Waals surface area contributed by atoms with Crippen molar-refractivity contribution >= 4 is 35.0 Å². The summed E-state index contributed by atoms with van der Waals surface area (Å²) in [7, 11) is 0. The Bertz CT molecular complexity index is 528. The maximum absolute atomic E-state index is 12.1. The molecule has 7 heteroatoms. The van der Waals surface area contributed by atoms with Gasteiger partial charge >= 0.3 is 5.97 Å². The minimum Gasteiger partial charge on any atom is -0.464 e. The highest BCUT2D eigenvalue weighted by molar-refractivity contribution is 6.32. The lowest BCUT2D eigenvalue weighted by atomic mass is 10.0. The van der Waals surface area contributed by atoms with Crippen molar-refractivity contribution in [3.8, 4) is 0 Å². The predicted octanol–water partition coefficient (Wildman–Crippen LogP) is 2.71. The van der Waals surface area contributed by atoms with E-state index < -0.39 is 0 Å². The molecule has 3 rings (SSSR count). The summed E-state index contributed by atoms with van der Waals surface area (Å²) in [6, 6.07) is 1.33. The molecule has 0 N–H and O–H groups in total. The Morgan fingerprint density at radius 2 is 2.25 bits per heavy atom. The number of hydrogen-bond acceptors (Lipinski definition) is 5. The molecule has 5 nitrogen and oxygen atoms in total. The smallest absolute Gasteiger partial charge is 0.328 e. The van der Waals surface area contributed by atoms with Crippen molar-refractivity contribution in [2.75, 3.05) is 18.1 Å². The number of hydrogen-bond donors (Lipinski definition) is 0. The van der Waals surface area contributed by atoms with Crippen LogP contribution >= 0.6 is 23.2 Å². The first-order chi connectivity index (χ1) is 9.53. The van der Waals surface area contributed by atoms with Gasteiger partial charge in [-0.15, -0.1) is 0 Å². The zero-order valence-electron chi connectivity index (χ0n) is 11.1. The minimum atomic E-state index is -0.306.